The molecule has 17 heteroatoms. The molecule has 0 spiro atoms. The standard InChI is InChI=1S/C36H61N3O14/c40-33(10-13-39-34(41)8-9-35(39)42)37-11-14-44-16-18-46-20-22-48-24-26-50-28-30-52-31-29-51-27-25-49-23-21-47-19-17-45-15-12-38-36(43)53-32-6-4-2-1-3-5-7-32/h1-2,8-9,32H,3-7,10-31H2,(H,37,40)(H,38,43)/b2-1+. The highest BCUT2D eigenvalue weighted by Gasteiger charge is 2.23. The number of carbonyl (C=O) groups is 4. The molecule has 4 amide bonds. The lowest BCUT2D eigenvalue weighted by molar-refractivity contribution is -0.137. The van der Waals surface area contributed by atoms with Crippen LogP contribution in [0.4, 0.5) is 4.79 Å². The third kappa shape index (κ3) is 27.3. The molecule has 2 rings (SSSR count). The number of amides is 4. The van der Waals surface area contributed by atoms with Crippen molar-refractivity contribution >= 4 is 23.8 Å². The molecule has 1 heterocycles. The molecule has 1 aliphatic carbocycles. The Morgan fingerprint density at radius 1 is 0.547 bits per heavy atom. The fourth-order valence-electron chi connectivity index (χ4n) is 4.74. The van der Waals surface area contributed by atoms with E-state index in [2.05, 4.69) is 22.8 Å². The molecule has 1 unspecified atom stereocenters. The molecule has 0 saturated carbocycles. The maximum atomic E-state index is 11.9. The normalized spacial score (nSPS) is 16.5. The minimum atomic E-state index is -0.399. The molecule has 1 aliphatic heterocycles. The second kappa shape index (κ2) is 33.6. The lowest BCUT2D eigenvalue weighted by Crippen LogP contribution is -2.35. The van der Waals surface area contributed by atoms with E-state index in [1.165, 1.54) is 12.2 Å². The fraction of sp³-hybridized carbons (Fsp3) is 0.778. The monoisotopic (exact) mass is 759 g/mol. The van der Waals surface area contributed by atoms with Crippen LogP contribution in [-0.4, -0.2) is 173 Å². The van der Waals surface area contributed by atoms with Crippen molar-refractivity contribution < 1.29 is 66.5 Å². The van der Waals surface area contributed by atoms with Crippen LogP contribution in [0.25, 0.3) is 0 Å². The van der Waals surface area contributed by atoms with Crippen LogP contribution in [-0.2, 0) is 61.8 Å². The molecule has 2 aliphatic rings. The van der Waals surface area contributed by atoms with Gasteiger partial charge in [-0.1, -0.05) is 12.2 Å². The number of nitrogens with zero attached hydrogens (tertiary/aromatic N) is 1. The Hall–Kier alpha value is -3.00. The van der Waals surface area contributed by atoms with Crippen LogP contribution >= 0.6 is 0 Å². The number of hydrogen-bond donors (Lipinski definition) is 2. The fourth-order valence-corrected chi connectivity index (χ4v) is 4.74. The zero-order chi connectivity index (χ0) is 37.9. The smallest absolute Gasteiger partial charge is 0.407 e. The largest absolute Gasteiger partial charge is 0.446 e. The number of allylic oxidation sites excluding steroid dienone is 2. The Balaban J connectivity index is 1.17. The third-order valence-corrected chi connectivity index (χ3v) is 7.52. The number of ether oxygens (including phenoxy) is 10. The molecule has 0 fully saturated rings. The van der Waals surface area contributed by atoms with Gasteiger partial charge in [0.2, 0.25) is 5.91 Å². The predicted octanol–water partition coefficient (Wildman–Crippen LogP) is 1.18. The Bertz CT molecular complexity index is 1010. The number of rotatable bonds is 34. The number of carbonyl (C=O) groups excluding carboxylic acids is 4. The van der Waals surface area contributed by atoms with Gasteiger partial charge in [-0.2, -0.15) is 0 Å². The molecule has 0 radical (unpaired) electrons. The summed E-state index contributed by atoms with van der Waals surface area (Å²) in [5, 5.41) is 5.41. The molecule has 2 N–H and O–H groups in total. The third-order valence-electron chi connectivity index (χ3n) is 7.52. The van der Waals surface area contributed by atoms with E-state index >= 15 is 0 Å². The molecule has 0 saturated heterocycles. The Morgan fingerprint density at radius 3 is 1.40 bits per heavy atom. The topological polar surface area (TPSA) is 188 Å². The molecule has 53 heavy (non-hydrogen) atoms. The summed E-state index contributed by atoms with van der Waals surface area (Å²) in [6.07, 6.45) is 11.2. The van der Waals surface area contributed by atoms with E-state index in [4.69, 9.17) is 47.4 Å². The molecule has 0 aromatic carbocycles. The first-order valence-corrected chi connectivity index (χ1v) is 18.7. The van der Waals surface area contributed by atoms with Crippen LogP contribution in [0, 0.1) is 0 Å². The van der Waals surface area contributed by atoms with Crippen molar-refractivity contribution in [3.63, 3.8) is 0 Å². The number of nitrogens with one attached hydrogen (secondary N) is 2. The van der Waals surface area contributed by atoms with E-state index < -0.39 is 11.8 Å². The lowest BCUT2D eigenvalue weighted by Gasteiger charge is -2.18. The van der Waals surface area contributed by atoms with Crippen LogP contribution in [0.2, 0.25) is 0 Å². The summed E-state index contributed by atoms with van der Waals surface area (Å²) in [5.74, 6) is -1.05. The van der Waals surface area contributed by atoms with Gasteiger partial charge in [0.25, 0.3) is 11.8 Å². The average molecular weight is 760 g/mol. The lowest BCUT2D eigenvalue weighted by atomic mass is 10.0. The summed E-state index contributed by atoms with van der Waals surface area (Å²) < 4.78 is 54.6. The highest BCUT2D eigenvalue weighted by molar-refractivity contribution is 6.13. The average Bonchev–Trinajstić information content (AvgIpc) is 3.46. The van der Waals surface area contributed by atoms with E-state index in [1.54, 1.807) is 0 Å². The zero-order valence-corrected chi connectivity index (χ0v) is 31.1. The van der Waals surface area contributed by atoms with Crippen molar-refractivity contribution in [2.24, 2.45) is 0 Å². The first-order valence-electron chi connectivity index (χ1n) is 18.7. The molecule has 0 aromatic rings. The van der Waals surface area contributed by atoms with Gasteiger partial charge in [0.15, 0.2) is 0 Å². The van der Waals surface area contributed by atoms with Crippen molar-refractivity contribution in [2.75, 3.05) is 139 Å². The van der Waals surface area contributed by atoms with E-state index in [9.17, 15) is 19.2 Å². The maximum Gasteiger partial charge on any atom is 0.407 e. The molecule has 0 bridgehead atoms. The molecule has 1 atom stereocenters. The van der Waals surface area contributed by atoms with Crippen LogP contribution < -0.4 is 10.6 Å². The van der Waals surface area contributed by atoms with Crippen LogP contribution in [0.1, 0.15) is 38.5 Å². The van der Waals surface area contributed by atoms with E-state index in [0.717, 1.165) is 37.0 Å². The predicted molar refractivity (Wildman–Crippen MR) is 191 cm³/mol. The second-order valence-electron chi connectivity index (χ2n) is 11.7. The maximum absolute atomic E-state index is 11.9. The zero-order valence-electron chi connectivity index (χ0n) is 31.1. The Labute approximate surface area is 313 Å². The minimum absolute atomic E-state index is 0.0162. The summed E-state index contributed by atoms with van der Waals surface area (Å²) in [6.45, 7) is 8.71. The van der Waals surface area contributed by atoms with Crippen LogP contribution in [0.3, 0.4) is 0 Å². The summed E-state index contributed by atoms with van der Waals surface area (Å²) in [5.41, 5.74) is 0. The van der Waals surface area contributed by atoms with E-state index in [1.807, 2.05) is 0 Å². The molecular formula is C36H61N3O14. The van der Waals surface area contributed by atoms with Crippen molar-refractivity contribution in [1.29, 1.82) is 0 Å². The van der Waals surface area contributed by atoms with Gasteiger partial charge < -0.3 is 58.0 Å². The number of alkyl carbamates (subject to hydrolysis) is 1. The van der Waals surface area contributed by atoms with Crippen LogP contribution in [0.15, 0.2) is 24.3 Å². The van der Waals surface area contributed by atoms with Gasteiger partial charge in [0, 0.05) is 38.2 Å². The molecular weight excluding hydrogens is 698 g/mol. The summed E-state index contributed by atoms with van der Waals surface area (Å²) in [4.78, 5) is 47.6. The van der Waals surface area contributed by atoms with Crippen molar-refractivity contribution in [2.45, 2.75) is 44.6 Å². The van der Waals surface area contributed by atoms with E-state index in [-0.39, 0.29) is 31.1 Å². The quantitative estimate of drug-likeness (QED) is 0.0541. The van der Waals surface area contributed by atoms with Crippen molar-refractivity contribution in [1.82, 2.24) is 15.5 Å². The first-order chi connectivity index (χ1) is 26.1. The summed E-state index contributed by atoms with van der Waals surface area (Å²) >= 11 is 0. The van der Waals surface area contributed by atoms with Crippen LogP contribution in [0.5, 0.6) is 0 Å². The van der Waals surface area contributed by atoms with Crippen molar-refractivity contribution in [3.8, 4) is 0 Å². The van der Waals surface area contributed by atoms with Gasteiger partial charge in [-0.15, -0.1) is 0 Å². The molecule has 0 aromatic heterocycles. The van der Waals surface area contributed by atoms with E-state index in [0.29, 0.717) is 132 Å². The SMILES string of the molecule is O=C(CCN1C(=O)C=CC1=O)NCCOCCOCCOCCOCCOCCOCCOCCOCCOCCNC(=O)OC1CC/C=C/CCC1. The number of hydrogen-bond acceptors (Lipinski definition) is 14. The number of imide groups is 1. The highest BCUT2D eigenvalue weighted by Crippen LogP contribution is 2.15. The van der Waals surface area contributed by atoms with Gasteiger partial charge in [-0.25, -0.2) is 4.79 Å². The Morgan fingerprint density at radius 2 is 0.943 bits per heavy atom. The molecule has 17 nitrogen and oxygen atoms in total. The second-order valence-corrected chi connectivity index (χ2v) is 11.7. The summed E-state index contributed by atoms with van der Waals surface area (Å²) in [7, 11) is 0. The van der Waals surface area contributed by atoms with Gasteiger partial charge in [0.1, 0.15) is 6.10 Å². The first kappa shape index (κ1) is 46.2. The molecule has 304 valence electrons. The summed E-state index contributed by atoms with van der Waals surface area (Å²) in [6, 6.07) is 0. The van der Waals surface area contributed by atoms with Gasteiger partial charge in [0.05, 0.1) is 119 Å². The highest BCUT2D eigenvalue weighted by atomic mass is 16.6. The van der Waals surface area contributed by atoms with Gasteiger partial charge in [-0.05, 0) is 32.1 Å². The Kier molecular flexibility index (Phi) is 29.2. The van der Waals surface area contributed by atoms with Gasteiger partial charge >= 0.3 is 6.09 Å². The minimum Gasteiger partial charge on any atom is -0.446 e. The van der Waals surface area contributed by atoms with Crippen molar-refractivity contribution in [3.05, 3.63) is 24.3 Å². The van der Waals surface area contributed by atoms with Gasteiger partial charge in [-0.3, -0.25) is 19.3 Å².